The first-order chi connectivity index (χ1) is 22.5. The van der Waals surface area contributed by atoms with Gasteiger partial charge >= 0.3 is 5.97 Å². The fourth-order valence-corrected chi connectivity index (χ4v) is 5.63. The Balaban J connectivity index is 1.61. The van der Waals surface area contributed by atoms with Crippen molar-refractivity contribution in [2.75, 3.05) is 38.9 Å². The second-order valence-electron chi connectivity index (χ2n) is 12.1. The lowest BCUT2D eigenvalue weighted by Gasteiger charge is -2.32. The maximum atomic E-state index is 14.3. The summed E-state index contributed by atoms with van der Waals surface area (Å²) >= 11 is 6.49. The number of aliphatic hydroxyl groups excluding tert-OH is 1. The summed E-state index contributed by atoms with van der Waals surface area (Å²) in [7, 11) is 3.06. The van der Waals surface area contributed by atoms with Crippen LogP contribution in [-0.2, 0) is 36.8 Å². The number of hydrogen-bond acceptors (Lipinski definition) is 8. The van der Waals surface area contributed by atoms with E-state index >= 15 is 0 Å². The zero-order chi connectivity index (χ0) is 34.1. The summed E-state index contributed by atoms with van der Waals surface area (Å²) in [6, 6.07) is 18.2. The SMILES string of the molecule is CCOC(=O)CCc1ccc(CNC(=O)C[C@H]2O[C@H](c3cccc(OC)c3OC)c3cc(Cl)ccc3N(CC(C)(C)CO)C2=O)cc1. The molecule has 252 valence electrons. The highest BCUT2D eigenvalue weighted by Crippen LogP contribution is 2.45. The molecule has 2 atom stereocenters. The molecule has 0 spiro atoms. The van der Waals surface area contributed by atoms with Crippen molar-refractivity contribution in [1.29, 1.82) is 0 Å². The number of fused-ring (bicyclic) bond motifs is 1. The van der Waals surface area contributed by atoms with E-state index in [9.17, 15) is 19.5 Å². The van der Waals surface area contributed by atoms with Crippen LogP contribution >= 0.6 is 11.6 Å². The van der Waals surface area contributed by atoms with Crippen molar-refractivity contribution in [3.63, 3.8) is 0 Å². The number of nitrogens with one attached hydrogen (secondary N) is 1. The highest BCUT2D eigenvalue weighted by Gasteiger charge is 2.40. The third-order valence-corrected chi connectivity index (χ3v) is 8.18. The molecule has 2 amide bonds. The van der Waals surface area contributed by atoms with Gasteiger partial charge in [0.25, 0.3) is 5.91 Å². The number of carbonyl (C=O) groups is 3. The van der Waals surface area contributed by atoms with Gasteiger partial charge in [-0.3, -0.25) is 14.4 Å². The molecule has 0 bridgehead atoms. The number of amides is 2. The first-order valence-corrected chi connectivity index (χ1v) is 16.0. The number of esters is 1. The van der Waals surface area contributed by atoms with E-state index in [1.165, 1.54) is 14.2 Å². The van der Waals surface area contributed by atoms with Crippen LogP contribution < -0.4 is 19.7 Å². The van der Waals surface area contributed by atoms with Crippen LogP contribution in [0.25, 0.3) is 0 Å². The number of halogens is 1. The molecule has 0 aliphatic carbocycles. The van der Waals surface area contributed by atoms with Crippen LogP contribution in [0.3, 0.4) is 0 Å². The van der Waals surface area contributed by atoms with Crippen molar-refractivity contribution >= 4 is 35.1 Å². The summed E-state index contributed by atoms with van der Waals surface area (Å²) in [6.45, 7) is 6.08. The Bertz CT molecular complexity index is 1560. The van der Waals surface area contributed by atoms with Crippen molar-refractivity contribution in [1.82, 2.24) is 5.32 Å². The molecule has 1 aliphatic rings. The second kappa shape index (κ2) is 16.1. The Labute approximate surface area is 280 Å². The third-order valence-electron chi connectivity index (χ3n) is 7.94. The lowest BCUT2D eigenvalue weighted by atomic mass is 9.92. The largest absolute Gasteiger partial charge is 0.493 e. The average molecular weight is 667 g/mol. The van der Waals surface area contributed by atoms with Crippen molar-refractivity contribution in [2.45, 2.75) is 58.8 Å². The maximum absolute atomic E-state index is 14.3. The minimum Gasteiger partial charge on any atom is -0.493 e. The van der Waals surface area contributed by atoms with Crippen LogP contribution in [-0.4, -0.2) is 63.0 Å². The van der Waals surface area contributed by atoms with E-state index in [1.54, 1.807) is 42.2 Å². The third kappa shape index (κ3) is 9.03. The molecule has 3 aromatic rings. The summed E-state index contributed by atoms with van der Waals surface area (Å²) < 4.78 is 22.8. The van der Waals surface area contributed by atoms with Gasteiger partial charge in [-0.25, -0.2) is 0 Å². The Hall–Kier alpha value is -4.12. The molecule has 0 saturated carbocycles. The number of methoxy groups -OCH3 is 2. The highest BCUT2D eigenvalue weighted by atomic mass is 35.5. The van der Waals surface area contributed by atoms with E-state index in [-0.39, 0.29) is 38.0 Å². The molecule has 1 heterocycles. The lowest BCUT2D eigenvalue weighted by molar-refractivity contribution is -0.143. The molecule has 4 rings (SSSR count). The van der Waals surface area contributed by atoms with Crippen molar-refractivity contribution in [2.24, 2.45) is 5.41 Å². The van der Waals surface area contributed by atoms with Crippen LogP contribution in [0.15, 0.2) is 60.7 Å². The van der Waals surface area contributed by atoms with Crippen LogP contribution in [0.5, 0.6) is 11.5 Å². The van der Waals surface area contributed by atoms with E-state index in [0.29, 0.717) is 52.8 Å². The number of anilines is 1. The smallest absolute Gasteiger partial charge is 0.306 e. The maximum Gasteiger partial charge on any atom is 0.306 e. The first kappa shape index (κ1) is 35.7. The number of benzene rings is 3. The van der Waals surface area contributed by atoms with Gasteiger partial charge in [0.05, 0.1) is 27.2 Å². The minimum atomic E-state index is -1.18. The number of ether oxygens (including phenoxy) is 4. The molecule has 2 N–H and O–H groups in total. The number of nitrogens with zero attached hydrogens (tertiary/aromatic N) is 1. The number of aliphatic hydroxyl groups is 1. The standard InChI is InChI=1S/C36H43ClN2O8/c1-6-46-32(42)17-14-23-10-12-24(13-11-23)20-38-31(41)19-30-35(43)39(21-36(2,3)22-40)28-16-15-25(37)18-27(28)33(47-30)26-8-7-9-29(44-4)34(26)45-5/h7-13,15-16,18,30,33,40H,6,14,17,19-22H2,1-5H3,(H,38,41)/t30-,33-/m1/s1. The molecular formula is C36H43ClN2O8. The van der Waals surface area contributed by atoms with Gasteiger partial charge in [-0.1, -0.05) is 61.8 Å². The number of carbonyl (C=O) groups excluding carboxylic acids is 3. The van der Waals surface area contributed by atoms with Gasteiger partial charge < -0.3 is 34.3 Å². The molecule has 47 heavy (non-hydrogen) atoms. The van der Waals surface area contributed by atoms with Crippen LogP contribution in [0.2, 0.25) is 5.02 Å². The molecule has 0 fully saturated rings. The summed E-state index contributed by atoms with van der Waals surface area (Å²) in [5, 5.41) is 13.5. The van der Waals surface area contributed by atoms with Crippen molar-refractivity contribution in [3.8, 4) is 11.5 Å². The van der Waals surface area contributed by atoms with Gasteiger partial charge in [-0.2, -0.15) is 0 Å². The van der Waals surface area contributed by atoms with Gasteiger partial charge in [-0.05, 0) is 48.7 Å². The van der Waals surface area contributed by atoms with E-state index in [1.807, 2.05) is 44.2 Å². The van der Waals surface area contributed by atoms with Crippen LogP contribution in [0, 0.1) is 5.41 Å². The monoisotopic (exact) mass is 666 g/mol. The molecule has 0 saturated heterocycles. The zero-order valence-corrected chi connectivity index (χ0v) is 28.3. The van der Waals surface area contributed by atoms with Gasteiger partial charge in [0.2, 0.25) is 5.91 Å². The summed E-state index contributed by atoms with van der Waals surface area (Å²) in [5.74, 6) is -0.128. The lowest BCUT2D eigenvalue weighted by Crippen LogP contribution is -2.46. The quantitative estimate of drug-likeness (QED) is 0.219. The average Bonchev–Trinajstić information content (AvgIpc) is 3.16. The van der Waals surface area contributed by atoms with E-state index in [0.717, 1.165) is 11.1 Å². The predicted octanol–water partition coefficient (Wildman–Crippen LogP) is 5.40. The zero-order valence-electron chi connectivity index (χ0n) is 27.5. The van der Waals surface area contributed by atoms with E-state index in [2.05, 4.69) is 5.32 Å². The highest BCUT2D eigenvalue weighted by molar-refractivity contribution is 6.30. The van der Waals surface area contributed by atoms with Crippen LogP contribution in [0.4, 0.5) is 5.69 Å². The molecule has 3 aromatic carbocycles. The number of rotatable bonds is 14. The van der Waals surface area contributed by atoms with Crippen LogP contribution in [0.1, 0.15) is 62.0 Å². The summed E-state index contributed by atoms with van der Waals surface area (Å²) in [6.07, 6.45) is -1.42. The Morgan fingerprint density at radius 2 is 1.74 bits per heavy atom. The molecule has 0 unspecified atom stereocenters. The fourth-order valence-electron chi connectivity index (χ4n) is 5.45. The summed E-state index contributed by atoms with van der Waals surface area (Å²) in [4.78, 5) is 40.9. The fraction of sp³-hybridized carbons (Fsp3) is 0.417. The van der Waals surface area contributed by atoms with Crippen molar-refractivity contribution in [3.05, 3.63) is 87.9 Å². The molecule has 10 nitrogen and oxygen atoms in total. The summed E-state index contributed by atoms with van der Waals surface area (Å²) in [5.41, 5.74) is 2.95. The Kier molecular flexibility index (Phi) is 12.3. The molecular weight excluding hydrogens is 624 g/mol. The van der Waals surface area contributed by atoms with Gasteiger partial charge in [0, 0.05) is 53.4 Å². The second-order valence-corrected chi connectivity index (χ2v) is 12.6. The number of para-hydroxylation sites is 1. The van der Waals surface area contributed by atoms with Gasteiger partial charge in [-0.15, -0.1) is 0 Å². The number of aryl methyl sites for hydroxylation is 1. The van der Waals surface area contributed by atoms with Crippen molar-refractivity contribution < 1.29 is 38.4 Å². The predicted molar refractivity (Wildman–Crippen MR) is 179 cm³/mol. The minimum absolute atomic E-state index is 0.166. The molecule has 11 heteroatoms. The molecule has 0 aromatic heterocycles. The topological polar surface area (TPSA) is 124 Å². The van der Waals surface area contributed by atoms with E-state index < -0.39 is 23.5 Å². The van der Waals surface area contributed by atoms with E-state index in [4.69, 9.17) is 30.5 Å². The van der Waals surface area contributed by atoms with Gasteiger partial charge in [0.1, 0.15) is 12.2 Å². The number of hydrogen-bond donors (Lipinski definition) is 2. The van der Waals surface area contributed by atoms with Gasteiger partial charge in [0.15, 0.2) is 11.5 Å². The first-order valence-electron chi connectivity index (χ1n) is 15.6. The normalized spacial score (nSPS) is 16.2. The Morgan fingerprint density at radius 1 is 1.02 bits per heavy atom. The Morgan fingerprint density at radius 3 is 2.40 bits per heavy atom. The molecule has 0 radical (unpaired) electrons. The molecule has 1 aliphatic heterocycles.